The molecular formula is C38H51ClN2O8S2. The van der Waals surface area contributed by atoms with Gasteiger partial charge in [0.25, 0.3) is 0 Å². The molecule has 0 aliphatic heterocycles. The average Bonchev–Trinajstić information content (AvgIpc) is 3.10. The first-order valence-corrected chi connectivity index (χ1v) is 20.6. The number of carbonyl (C=O) groups excluding carboxylic acids is 1. The number of carboxylic acids is 1. The monoisotopic (exact) mass is 762 g/mol. The lowest BCUT2D eigenvalue weighted by Crippen LogP contribution is -2.34. The van der Waals surface area contributed by atoms with Crippen molar-refractivity contribution >= 4 is 56.5 Å². The number of carbonyl (C=O) groups is 2. The number of rotatable bonds is 25. The summed E-state index contributed by atoms with van der Waals surface area (Å²) in [5, 5.41) is 24.7. The Balaban J connectivity index is 1.60. The van der Waals surface area contributed by atoms with Gasteiger partial charge in [-0.3, -0.25) is 9.59 Å². The van der Waals surface area contributed by atoms with Gasteiger partial charge in [0.1, 0.15) is 22.5 Å². The van der Waals surface area contributed by atoms with Gasteiger partial charge in [-0.05, 0) is 67.4 Å². The number of amides is 1. The van der Waals surface area contributed by atoms with Gasteiger partial charge in [0.2, 0.25) is 5.91 Å². The number of hydrogen-bond acceptors (Lipinski definition) is 9. The highest BCUT2D eigenvalue weighted by atomic mass is 35.5. The zero-order chi connectivity index (χ0) is 37.1. The maximum Gasteiger partial charge on any atom is 0.304 e. The number of nitrogens with one attached hydrogen (secondary N) is 2. The van der Waals surface area contributed by atoms with Crippen LogP contribution in [0.2, 0.25) is 5.02 Å². The minimum absolute atomic E-state index is 0.000304. The number of unbranched alkanes of at least 4 members (excludes halogenated alkanes) is 9. The number of hydrogen-bond donors (Lipinski definition) is 4. The second kappa shape index (κ2) is 22.4. The third-order valence-electron chi connectivity index (χ3n) is 8.20. The molecular weight excluding hydrogens is 712 g/mol. The Morgan fingerprint density at radius 1 is 0.824 bits per heavy atom. The molecule has 0 bridgehead atoms. The molecule has 4 N–H and O–H groups in total. The van der Waals surface area contributed by atoms with Gasteiger partial charge in [0.05, 0.1) is 29.3 Å². The van der Waals surface area contributed by atoms with Crippen LogP contribution in [0.15, 0.2) is 70.5 Å². The van der Waals surface area contributed by atoms with E-state index in [1.165, 1.54) is 69.6 Å². The Morgan fingerprint density at radius 2 is 1.41 bits per heavy atom. The van der Waals surface area contributed by atoms with E-state index < -0.39 is 27.0 Å². The van der Waals surface area contributed by atoms with E-state index in [-0.39, 0.29) is 47.3 Å². The lowest BCUT2D eigenvalue weighted by atomic mass is 10.1. The Bertz CT molecular complexity index is 1620. The molecule has 10 nitrogen and oxygen atoms in total. The molecule has 0 aliphatic carbocycles. The molecule has 3 aromatic carbocycles. The van der Waals surface area contributed by atoms with E-state index in [2.05, 4.69) is 17.6 Å². The van der Waals surface area contributed by atoms with Crippen molar-refractivity contribution in [2.45, 2.75) is 106 Å². The van der Waals surface area contributed by atoms with Crippen LogP contribution in [0.4, 0.5) is 11.4 Å². The number of benzene rings is 3. The van der Waals surface area contributed by atoms with Crippen LogP contribution in [-0.4, -0.2) is 54.8 Å². The maximum absolute atomic E-state index is 13.6. The number of thioether (sulfide) groups is 1. The molecule has 51 heavy (non-hydrogen) atoms. The number of carboxylic acid groups (broad SMARTS) is 1. The fourth-order valence-electron chi connectivity index (χ4n) is 5.33. The zero-order valence-electron chi connectivity index (χ0n) is 29.5. The molecule has 3 aromatic rings. The van der Waals surface area contributed by atoms with E-state index in [9.17, 15) is 23.1 Å². The lowest BCUT2D eigenvalue weighted by Gasteiger charge is -2.19. The van der Waals surface area contributed by atoms with E-state index >= 15 is 0 Å². The number of sulfone groups is 1. The normalized spacial score (nSPS) is 11.9. The summed E-state index contributed by atoms with van der Waals surface area (Å²) in [5.41, 5.74) is 0.427. The molecule has 0 heterocycles. The Hall–Kier alpha value is -3.61. The molecule has 1 unspecified atom stereocenters. The number of anilines is 2. The Kier molecular flexibility index (Phi) is 18.3. The maximum atomic E-state index is 13.6. The van der Waals surface area contributed by atoms with Gasteiger partial charge in [-0.1, -0.05) is 83.2 Å². The van der Waals surface area contributed by atoms with Crippen molar-refractivity contribution in [1.82, 2.24) is 0 Å². The Labute approximate surface area is 311 Å². The summed E-state index contributed by atoms with van der Waals surface area (Å²) in [6.07, 6.45) is 12.1. The second-order valence-electron chi connectivity index (χ2n) is 12.2. The van der Waals surface area contributed by atoms with Crippen LogP contribution < -0.4 is 20.1 Å². The van der Waals surface area contributed by atoms with Crippen LogP contribution >= 0.6 is 23.4 Å². The second-order valence-corrected chi connectivity index (χ2v) is 15.9. The quantitative estimate of drug-likeness (QED) is 0.0284. The van der Waals surface area contributed by atoms with Crippen molar-refractivity contribution in [3.63, 3.8) is 0 Å². The number of aliphatic carboxylic acids is 1. The molecule has 0 aliphatic rings. The molecule has 0 saturated heterocycles. The molecule has 3 rings (SSSR count). The molecule has 0 spiro atoms. The van der Waals surface area contributed by atoms with Crippen molar-refractivity contribution in [2.75, 3.05) is 29.7 Å². The highest BCUT2D eigenvalue weighted by Crippen LogP contribution is 2.37. The summed E-state index contributed by atoms with van der Waals surface area (Å²) in [6.45, 7) is 4.37. The number of phenolic OH excluding ortho intramolecular Hbond substituents is 1. The van der Waals surface area contributed by atoms with Gasteiger partial charge in [-0.25, -0.2) is 8.42 Å². The molecule has 1 atom stereocenters. The van der Waals surface area contributed by atoms with E-state index in [1.54, 1.807) is 49.4 Å². The first-order chi connectivity index (χ1) is 24.5. The summed E-state index contributed by atoms with van der Waals surface area (Å²) < 4.78 is 38.7. The van der Waals surface area contributed by atoms with Gasteiger partial charge in [0, 0.05) is 21.7 Å². The van der Waals surface area contributed by atoms with E-state index in [0.717, 1.165) is 24.6 Å². The topological polar surface area (TPSA) is 151 Å². The first-order valence-electron chi connectivity index (χ1n) is 17.7. The summed E-state index contributed by atoms with van der Waals surface area (Å²) >= 11 is 7.06. The molecule has 0 aromatic heterocycles. The number of aromatic hydroxyl groups is 1. The van der Waals surface area contributed by atoms with Gasteiger partial charge >= 0.3 is 5.97 Å². The Morgan fingerprint density at radius 3 is 2.02 bits per heavy atom. The third kappa shape index (κ3) is 14.5. The molecule has 280 valence electrons. The average molecular weight is 763 g/mol. The van der Waals surface area contributed by atoms with E-state index in [1.807, 2.05) is 0 Å². The van der Waals surface area contributed by atoms with E-state index in [0.29, 0.717) is 28.0 Å². The van der Waals surface area contributed by atoms with Gasteiger partial charge in [-0.15, -0.1) is 11.8 Å². The minimum Gasteiger partial charge on any atom is -0.506 e. The van der Waals surface area contributed by atoms with Gasteiger partial charge in [0.15, 0.2) is 16.6 Å². The summed E-state index contributed by atoms with van der Waals surface area (Å²) in [6, 6.07) is 15.7. The summed E-state index contributed by atoms with van der Waals surface area (Å²) in [4.78, 5) is 25.1. The lowest BCUT2D eigenvalue weighted by molar-refractivity contribution is -0.136. The fourth-order valence-corrected chi connectivity index (χ4v) is 8.04. The van der Waals surface area contributed by atoms with Crippen molar-refractivity contribution < 1.29 is 37.7 Å². The zero-order valence-corrected chi connectivity index (χ0v) is 31.9. The van der Waals surface area contributed by atoms with E-state index in [4.69, 9.17) is 26.2 Å². The van der Waals surface area contributed by atoms with Crippen LogP contribution in [0.25, 0.3) is 0 Å². The predicted molar refractivity (Wildman–Crippen MR) is 205 cm³/mol. The van der Waals surface area contributed by atoms with Crippen LogP contribution in [0, 0.1) is 0 Å². The van der Waals surface area contributed by atoms with Gasteiger partial charge < -0.3 is 30.3 Å². The number of ether oxygens (including phenoxy) is 2. The largest absolute Gasteiger partial charge is 0.506 e. The van der Waals surface area contributed by atoms with Gasteiger partial charge in [-0.2, -0.15) is 0 Å². The summed E-state index contributed by atoms with van der Waals surface area (Å²) in [5.74, 6) is -0.707. The van der Waals surface area contributed by atoms with Crippen molar-refractivity contribution in [1.29, 1.82) is 0 Å². The first kappa shape index (κ1) is 41.8. The van der Waals surface area contributed by atoms with Crippen LogP contribution in [0.5, 0.6) is 17.2 Å². The third-order valence-corrected chi connectivity index (χ3v) is 11.7. The van der Waals surface area contributed by atoms with Crippen molar-refractivity contribution in [3.8, 4) is 17.2 Å². The SMILES string of the molecule is CCCCCCCCCCCCOc1ccc(S(=O)(=O)C(CC)C(=O)Nc2cc(O)c(NCOc3ccc(Cl)cc3)cc2SCCC(=O)O)cc1. The van der Waals surface area contributed by atoms with Crippen LogP contribution in [-0.2, 0) is 19.4 Å². The highest BCUT2D eigenvalue weighted by molar-refractivity contribution is 7.99. The molecule has 0 radical (unpaired) electrons. The number of phenols is 1. The van der Waals surface area contributed by atoms with Crippen LogP contribution in [0.3, 0.4) is 0 Å². The molecule has 0 saturated carbocycles. The van der Waals surface area contributed by atoms with Crippen LogP contribution in [0.1, 0.15) is 90.9 Å². The fraction of sp³-hybridized carbons (Fsp3) is 0.474. The molecule has 1 amide bonds. The highest BCUT2D eigenvalue weighted by Gasteiger charge is 2.33. The number of halogens is 1. The molecule has 13 heteroatoms. The van der Waals surface area contributed by atoms with Crippen molar-refractivity contribution in [3.05, 3.63) is 65.7 Å². The standard InChI is InChI=1S/C38H51ClN2O8S2/c1-3-5-6-7-8-9-10-11-12-13-23-48-29-18-20-31(21-19-29)51(46,47)36(4-2)38(45)41-33-25-34(42)32(26-35(33)50-24-22-37(43)44)40-27-49-30-16-14-28(39)15-17-30/h14-21,25-26,36,40,42H,3-13,22-24,27H2,1-2H3,(H,41,45)(H,43,44). The minimum atomic E-state index is -4.09. The molecule has 0 fully saturated rings. The predicted octanol–water partition coefficient (Wildman–Crippen LogP) is 9.55. The summed E-state index contributed by atoms with van der Waals surface area (Å²) in [7, 11) is -4.09. The van der Waals surface area contributed by atoms with Crippen molar-refractivity contribution in [2.24, 2.45) is 0 Å². The smallest absolute Gasteiger partial charge is 0.304 e.